The van der Waals surface area contributed by atoms with Gasteiger partial charge in [-0.1, -0.05) is 12.8 Å². The van der Waals surface area contributed by atoms with Crippen molar-refractivity contribution in [1.29, 1.82) is 0 Å². The third-order valence-electron chi connectivity index (χ3n) is 6.62. The predicted octanol–water partition coefficient (Wildman–Crippen LogP) is 2.69. The first-order chi connectivity index (χ1) is 13.5. The number of nitrogens with two attached hydrogens (primary N) is 1. The van der Waals surface area contributed by atoms with Crippen molar-refractivity contribution in [3.63, 3.8) is 0 Å². The molecule has 1 aliphatic carbocycles. The Bertz CT molecular complexity index is 764. The quantitative estimate of drug-likeness (QED) is 0.843. The average molecular weight is 391 g/mol. The fourth-order valence-electron chi connectivity index (χ4n) is 5.11. The Labute approximate surface area is 163 Å². The number of piperidine rings is 1. The number of halogens is 2. The molecule has 5 nitrogen and oxygen atoms in total. The van der Waals surface area contributed by atoms with Crippen molar-refractivity contribution in [2.45, 2.75) is 63.1 Å². The summed E-state index contributed by atoms with van der Waals surface area (Å²) in [6.45, 7) is 1.19. The first kappa shape index (κ1) is 19.3. The van der Waals surface area contributed by atoms with Gasteiger partial charge in [0.15, 0.2) is 0 Å². The molecule has 4 rings (SSSR count). The second-order valence-electron chi connectivity index (χ2n) is 8.36. The molecule has 3 atom stereocenters. The summed E-state index contributed by atoms with van der Waals surface area (Å²) in [5.41, 5.74) is 5.79. The van der Waals surface area contributed by atoms with Gasteiger partial charge in [-0.25, -0.2) is 8.78 Å². The molecule has 7 heteroatoms. The van der Waals surface area contributed by atoms with E-state index in [-0.39, 0.29) is 29.5 Å². The summed E-state index contributed by atoms with van der Waals surface area (Å²) < 4.78 is 27.6. The van der Waals surface area contributed by atoms with E-state index in [1.807, 2.05) is 0 Å². The molecule has 2 amide bonds. The molecule has 3 aliphatic rings. The van der Waals surface area contributed by atoms with E-state index in [2.05, 4.69) is 0 Å². The maximum absolute atomic E-state index is 14.3. The molecule has 0 radical (unpaired) electrons. The van der Waals surface area contributed by atoms with E-state index in [0.717, 1.165) is 50.7 Å². The predicted molar refractivity (Wildman–Crippen MR) is 100 cm³/mol. The van der Waals surface area contributed by atoms with Crippen LogP contribution < -0.4 is 5.73 Å². The minimum Gasteiger partial charge on any atom is -0.341 e. The molecule has 2 heterocycles. The van der Waals surface area contributed by atoms with E-state index in [0.29, 0.717) is 19.5 Å². The number of fused-ring (bicyclic) bond motifs is 1. The van der Waals surface area contributed by atoms with Gasteiger partial charge in [-0.05, 0) is 50.2 Å². The van der Waals surface area contributed by atoms with Crippen LogP contribution >= 0.6 is 0 Å². The SMILES string of the molecule is NC1CCN(C(=O)C2CC3CCCCC3N2C(=O)c2ccc(F)cc2F)CC1. The highest BCUT2D eigenvalue weighted by Crippen LogP contribution is 2.41. The van der Waals surface area contributed by atoms with Crippen molar-refractivity contribution in [2.75, 3.05) is 13.1 Å². The van der Waals surface area contributed by atoms with Gasteiger partial charge >= 0.3 is 0 Å². The van der Waals surface area contributed by atoms with E-state index in [9.17, 15) is 18.4 Å². The lowest BCUT2D eigenvalue weighted by Crippen LogP contribution is -2.53. The molecule has 1 aromatic carbocycles. The second-order valence-corrected chi connectivity index (χ2v) is 8.36. The van der Waals surface area contributed by atoms with Crippen LogP contribution in [0.4, 0.5) is 8.78 Å². The van der Waals surface area contributed by atoms with Gasteiger partial charge in [0.05, 0.1) is 5.56 Å². The zero-order valence-corrected chi connectivity index (χ0v) is 15.9. The normalized spacial score (nSPS) is 28.3. The highest BCUT2D eigenvalue weighted by Gasteiger charge is 2.49. The van der Waals surface area contributed by atoms with E-state index < -0.39 is 23.6 Å². The smallest absolute Gasteiger partial charge is 0.257 e. The maximum Gasteiger partial charge on any atom is 0.257 e. The lowest BCUT2D eigenvalue weighted by atomic mass is 9.84. The summed E-state index contributed by atoms with van der Waals surface area (Å²) in [6, 6.07) is 2.50. The Morgan fingerprint density at radius 3 is 2.46 bits per heavy atom. The lowest BCUT2D eigenvalue weighted by molar-refractivity contribution is -0.136. The van der Waals surface area contributed by atoms with Crippen molar-refractivity contribution in [2.24, 2.45) is 11.7 Å². The van der Waals surface area contributed by atoms with Crippen molar-refractivity contribution in [1.82, 2.24) is 9.80 Å². The van der Waals surface area contributed by atoms with Crippen LogP contribution in [0.5, 0.6) is 0 Å². The standard InChI is InChI=1S/C21H27F2N3O2/c22-14-5-6-16(17(23)12-14)20(27)26-18-4-2-1-3-13(18)11-19(26)21(28)25-9-7-15(24)8-10-25/h5-6,12-13,15,18-19H,1-4,7-11,24H2. The number of benzene rings is 1. The average Bonchev–Trinajstić information content (AvgIpc) is 3.07. The highest BCUT2D eigenvalue weighted by molar-refractivity contribution is 5.98. The van der Waals surface area contributed by atoms with Gasteiger partial charge in [0, 0.05) is 31.2 Å². The van der Waals surface area contributed by atoms with Gasteiger partial charge in [-0.15, -0.1) is 0 Å². The van der Waals surface area contributed by atoms with Crippen LogP contribution in [0.15, 0.2) is 18.2 Å². The molecule has 1 aromatic rings. The van der Waals surface area contributed by atoms with Crippen LogP contribution in [0.3, 0.4) is 0 Å². The summed E-state index contributed by atoms with van der Waals surface area (Å²) in [4.78, 5) is 29.9. The van der Waals surface area contributed by atoms with Crippen molar-refractivity contribution in [3.05, 3.63) is 35.4 Å². The zero-order chi connectivity index (χ0) is 19.8. The van der Waals surface area contributed by atoms with E-state index in [4.69, 9.17) is 5.73 Å². The molecule has 28 heavy (non-hydrogen) atoms. The minimum absolute atomic E-state index is 0.0494. The molecule has 1 saturated carbocycles. The first-order valence-corrected chi connectivity index (χ1v) is 10.3. The number of carbonyl (C=O) groups excluding carboxylic acids is 2. The molecule has 152 valence electrons. The molecule has 0 aromatic heterocycles. The van der Waals surface area contributed by atoms with E-state index >= 15 is 0 Å². The van der Waals surface area contributed by atoms with Crippen LogP contribution in [0.1, 0.15) is 55.3 Å². The summed E-state index contributed by atoms with van der Waals surface area (Å²) in [5.74, 6) is -1.89. The Morgan fingerprint density at radius 2 is 1.75 bits per heavy atom. The molecule has 3 unspecified atom stereocenters. The van der Waals surface area contributed by atoms with E-state index in [1.54, 1.807) is 9.80 Å². The molecular formula is C21H27F2N3O2. The fourth-order valence-corrected chi connectivity index (χ4v) is 5.11. The van der Waals surface area contributed by atoms with Crippen LogP contribution in [0.25, 0.3) is 0 Å². The number of rotatable bonds is 2. The van der Waals surface area contributed by atoms with Gasteiger partial charge in [0.1, 0.15) is 17.7 Å². The third kappa shape index (κ3) is 3.52. The molecule has 3 fully saturated rings. The number of likely N-dealkylation sites (tertiary alicyclic amines) is 2. The van der Waals surface area contributed by atoms with Crippen molar-refractivity contribution < 1.29 is 18.4 Å². The maximum atomic E-state index is 14.3. The topological polar surface area (TPSA) is 66.6 Å². The number of hydrogen-bond donors (Lipinski definition) is 1. The van der Waals surface area contributed by atoms with Crippen LogP contribution in [0, 0.1) is 17.6 Å². The second kappa shape index (κ2) is 7.78. The third-order valence-corrected chi connectivity index (χ3v) is 6.62. The number of amides is 2. The van der Waals surface area contributed by atoms with Crippen molar-refractivity contribution >= 4 is 11.8 Å². The molecule has 2 N–H and O–H groups in total. The monoisotopic (exact) mass is 391 g/mol. The summed E-state index contributed by atoms with van der Waals surface area (Å²) >= 11 is 0. The first-order valence-electron chi connectivity index (χ1n) is 10.3. The Morgan fingerprint density at radius 1 is 1.04 bits per heavy atom. The Kier molecular flexibility index (Phi) is 5.36. The molecule has 2 aliphatic heterocycles. The van der Waals surface area contributed by atoms with Crippen LogP contribution in [-0.4, -0.2) is 52.8 Å². The van der Waals surface area contributed by atoms with E-state index in [1.165, 1.54) is 6.07 Å². The molecule has 0 spiro atoms. The molecule has 2 saturated heterocycles. The fraction of sp³-hybridized carbons (Fsp3) is 0.619. The molecular weight excluding hydrogens is 364 g/mol. The lowest BCUT2D eigenvalue weighted by Gasteiger charge is -2.37. The van der Waals surface area contributed by atoms with Crippen LogP contribution in [-0.2, 0) is 4.79 Å². The largest absolute Gasteiger partial charge is 0.341 e. The Hall–Kier alpha value is -2.02. The highest BCUT2D eigenvalue weighted by atomic mass is 19.1. The summed E-state index contributed by atoms with van der Waals surface area (Å²) in [6.07, 6.45) is 6.03. The number of nitrogens with zero attached hydrogens (tertiary/aromatic N) is 2. The van der Waals surface area contributed by atoms with Crippen molar-refractivity contribution in [3.8, 4) is 0 Å². The van der Waals surface area contributed by atoms with Gasteiger partial charge < -0.3 is 15.5 Å². The zero-order valence-electron chi connectivity index (χ0n) is 15.9. The minimum atomic E-state index is -0.876. The number of hydrogen-bond acceptors (Lipinski definition) is 3. The molecule has 0 bridgehead atoms. The van der Waals surface area contributed by atoms with Gasteiger partial charge in [-0.2, -0.15) is 0 Å². The van der Waals surface area contributed by atoms with Gasteiger partial charge in [0.2, 0.25) is 5.91 Å². The summed E-state index contributed by atoms with van der Waals surface area (Å²) in [7, 11) is 0. The number of carbonyl (C=O) groups is 2. The van der Waals surface area contributed by atoms with Gasteiger partial charge in [0.25, 0.3) is 5.91 Å². The Balaban J connectivity index is 1.62. The summed E-state index contributed by atoms with van der Waals surface area (Å²) in [5, 5.41) is 0. The van der Waals surface area contributed by atoms with Gasteiger partial charge in [-0.3, -0.25) is 9.59 Å². The van der Waals surface area contributed by atoms with Crippen LogP contribution in [0.2, 0.25) is 0 Å².